The summed E-state index contributed by atoms with van der Waals surface area (Å²) in [5, 5.41) is 19.3. The van der Waals surface area contributed by atoms with Crippen molar-refractivity contribution in [2.24, 2.45) is 5.92 Å². The van der Waals surface area contributed by atoms with E-state index < -0.39 is 22.2 Å². The Hall–Kier alpha value is -2.10. The highest BCUT2D eigenvalue weighted by Crippen LogP contribution is 2.23. The van der Waals surface area contributed by atoms with E-state index in [9.17, 15) is 19.8 Å². The van der Waals surface area contributed by atoms with Crippen LogP contribution in [-0.4, -0.2) is 46.8 Å². The van der Waals surface area contributed by atoms with Crippen LogP contribution >= 0.6 is 22.6 Å². The summed E-state index contributed by atoms with van der Waals surface area (Å²) in [5.74, 6) is -1.05. The number of carbonyl (C=O) groups is 2. The van der Waals surface area contributed by atoms with E-state index in [0.29, 0.717) is 13.0 Å². The number of rotatable bonds is 12. The fourth-order valence-electron chi connectivity index (χ4n) is 3.55. The third-order valence-electron chi connectivity index (χ3n) is 5.21. The third-order valence-corrected chi connectivity index (χ3v) is 6.25. The highest BCUT2D eigenvalue weighted by atomic mass is 127. The number of hydrogen-bond acceptors (Lipinski definition) is 3. The van der Waals surface area contributed by atoms with Gasteiger partial charge in [-0.15, -0.1) is 0 Å². The molecule has 2 N–H and O–H groups in total. The molecule has 0 fully saturated rings. The zero-order valence-corrected chi connectivity index (χ0v) is 20.5. The molecule has 0 aliphatic carbocycles. The molecule has 0 saturated heterocycles. The van der Waals surface area contributed by atoms with E-state index in [1.165, 1.54) is 18.4 Å². The van der Waals surface area contributed by atoms with Crippen molar-refractivity contribution in [1.29, 1.82) is 0 Å². The van der Waals surface area contributed by atoms with Gasteiger partial charge >= 0.3 is 12.1 Å². The number of nitrogens with zero attached hydrogens (tertiary/aromatic N) is 3. The zero-order chi connectivity index (χ0) is 23.0. The van der Waals surface area contributed by atoms with Gasteiger partial charge in [0, 0.05) is 24.9 Å². The Labute approximate surface area is 197 Å². The molecule has 1 aromatic carbocycles. The summed E-state index contributed by atoms with van der Waals surface area (Å²) >= 11 is 2.02. The first-order valence-corrected chi connectivity index (χ1v) is 11.9. The largest absolute Gasteiger partial charge is 0.480 e. The van der Waals surface area contributed by atoms with E-state index in [0.717, 1.165) is 22.6 Å². The average Bonchev–Trinajstić information content (AvgIpc) is 3.12. The first-order chi connectivity index (χ1) is 14.7. The standard InChI is InChI=1S/C23H32IN3O4/c1-4-5-6-17-7-9-18(10-8-17)14-26-15-25-13-19(26)12-21(24)27(23(30)31)20(22(28)29)11-16(2)3/h7-10,13,15-16,20-21H,4-6,11-12,14H2,1-3H3,(H,28,29)(H,30,31). The summed E-state index contributed by atoms with van der Waals surface area (Å²) in [6, 6.07) is 7.45. The van der Waals surface area contributed by atoms with Gasteiger partial charge in [-0.2, -0.15) is 0 Å². The lowest BCUT2D eigenvalue weighted by molar-refractivity contribution is -0.143. The fraction of sp³-hybridized carbons (Fsp3) is 0.522. The van der Waals surface area contributed by atoms with Gasteiger partial charge in [0.05, 0.1) is 10.4 Å². The Balaban J connectivity index is 2.13. The molecule has 8 heteroatoms. The fourth-order valence-corrected chi connectivity index (χ4v) is 4.63. The quantitative estimate of drug-likeness (QED) is 0.223. The Morgan fingerprint density at radius 3 is 2.35 bits per heavy atom. The van der Waals surface area contributed by atoms with Crippen LogP contribution in [0.4, 0.5) is 4.79 Å². The van der Waals surface area contributed by atoms with Crippen LogP contribution in [0.1, 0.15) is 56.9 Å². The first-order valence-electron chi connectivity index (χ1n) is 10.7. The van der Waals surface area contributed by atoms with Crippen molar-refractivity contribution in [3.8, 4) is 0 Å². The predicted octanol–water partition coefficient (Wildman–Crippen LogP) is 5.06. The Morgan fingerprint density at radius 1 is 1.16 bits per heavy atom. The molecule has 31 heavy (non-hydrogen) atoms. The van der Waals surface area contributed by atoms with Gasteiger partial charge in [0.1, 0.15) is 6.04 Å². The van der Waals surface area contributed by atoms with Crippen molar-refractivity contribution < 1.29 is 19.8 Å². The van der Waals surface area contributed by atoms with Crippen LogP contribution in [0.25, 0.3) is 0 Å². The predicted molar refractivity (Wildman–Crippen MR) is 129 cm³/mol. The lowest BCUT2D eigenvalue weighted by Gasteiger charge is -2.31. The lowest BCUT2D eigenvalue weighted by atomic mass is 10.0. The van der Waals surface area contributed by atoms with E-state index in [1.54, 1.807) is 12.5 Å². The van der Waals surface area contributed by atoms with E-state index in [-0.39, 0.29) is 12.3 Å². The van der Waals surface area contributed by atoms with Crippen molar-refractivity contribution >= 4 is 34.7 Å². The van der Waals surface area contributed by atoms with Crippen LogP contribution < -0.4 is 0 Å². The average molecular weight is 541 g/mol. The number of carboxylic acid groups (broad SMARTS) is 2. The SMILES string of the molecule is CCCCc1ccc(Cn2cncc2CC(I)N(C(=O)O)C(CC(C)C)C(=O)O)cc1. The highest BCUT2D eigenvalue weighted by molar-refractivity contribution is 14.1. The summed E-state index contributed by atoms with van der Waals surface area (Å²) in [4.78, 5) is 29.0. The number of benzene rings is 1. The zero-order valence-electron chi connectivity index (χ0n) is 18.4. The summed E-state index contributed by atoms with van der Waals surface area (Å²) in [7, 11) is 0. The van der Waals surface area contributed by atoms with Crippen molar-refractivity contribution in [3.05, 3.63) is 53.6 Å². The van der Waals surface area contributed by atoms with E-state index in [4.69, 9.17) is 0 Å². The number of amides is 1. The van der Waals surface area contributed by atoms with Crippen LogP contribution in [0, 0.1) is 5.92 Å². The van der Waals surface area contributed by atoms with Crippen molar-refractivity contribution in [1.82, 2.24) is 14.5 Å². The van der Waals surface area contributed by atoms with Gasteiger partial charge in [-0.1, -0.05) is 74.0 Å². The van der Waals surface area contributed by atoms with Gasteiger partial charge < -0.3 is 14.8 Å². The normalized spacial score (nSPS) is 13.2. The van der Waals surface area contributed by atoms with Crippen LogP contribution in [0.3, 0.4) is 0 Å². The van der Waals surface area contributed by atoms with Gasteiger partial charge in [0.2, 0.25) is 0 Å². The molecule has 0 spiro atoms. The molecule has 1 aromatic heterocycles. The minimum Gasteiger partial charge on any atom is -0.480 e. The molecule has 0 bridgehead atoms. The molecule has 2 unspecified atom stereocenters. The van der Waals surface area contributed by atoms with Crippen LogP contribution in [0.2, 0.25) is 0 Å². The molecule has 0 saturated carbocycles. The molecule has 0 aliphatic rings. The second kappa shape index (κ2) is 12.1. The number of alkyl halides is 1. The van der Waals surface area contributed by atoms with E-state index in [2.05, 4.69) is 36.2 Å². The molecule has 170 valence electrons. The summed E-state index contributed by atoms with van der Waals surface area (Å²) in [6.45, 7) is 6.60. The Morgan fingerprint density at radius 2 is 1.81 bits per heavy atom. The second-order valence-corrected chi connectivity index (χ2v) is 9.68. The van der Waals surface area contributed by atoms with Crippen molar-refractivity contribution in [3.63, 3.8) is 0 Å². The summed E-state index contributed by atoms with van der Waals surface area (Å²) in [6.07, 6.45) is 6.31. The van der Waals surface area contributed by atoms with Crippen LogP contribution in [-0.2, 0) is 24.2 Å². The number of hydrogen-bond donors (Lipinski definition) is 2. The molecular weight excluding hydrogens is 509 g/mol. The van der Waals surface area contributed by atoms with Crippen molar-refractivity contribution in [2.45, 2.75) is 69.5 Å². The number of carboxylic acids is 1. The molecule has 2 aromatic rings. The third kappa shape index (κ3) is 7.52. The molecule has 1 amide bonds. The summed E-state index contributed by atoms with van der Waals surface area (Å²) < 4.78 is 1.46. The minimum atomic E-state index is -1.22. The second-order valence-electron chi connectivity index (χ2n) is 8.24. The molecule has 0 aliphatic heterocycles. The smallest absolute Gasteiger partial charge is 0.408 e. The molecule has 0 radical (unpaired) electrons. The number of aryl methyl sites for hydroxylation is 1. The Kier molecular flexibility index (Phi) is 9.80. The molecule has 2 atom stereocenters. The van der Waals surface area contributed by atoms with E-state index in [1.807, 2.05) is 41.0 Å². The highest BCUT2D eigenvalue weighted by Gasteiger charge is 2.35. The van der Waals surface area contributed by atoms with E-state index >= 15 is 0 Å². The molecule has 1 heterocycles. The maximum absolute atomic E-state index is 11.9. The Bertz CT molecular complexity index is 851. The summed E-state index contributed by atoms with van der Waals surface area (Å²) in [5.41, 5.74) is 3.34. The first kappa shape index (κ1) is 25.2. The van der Waals surface area contributed by atoms with Crippen LogP contribution in [0.5, 0.6) is 0 Å². The number of unbranched alkanes of at least 4 members (excludes halogenated alkanes) is 1. The van der Waals surface area contributed by atoms with Crippen molar-refractivity contribution in [2.75, 3.05) is 0 Å². The molecular formula is C23H32IN3O4. The van der Waals surface area contributed by atoms with Crippen LogP contribution in [0.15, 0.2) is 36.8 Å². The number of halogens is 1. The minimum absolute atomic E-state index is 0.0670. The monoisotopic (exact) mass is 541 g/mol. The number of aliphatic carboxylic acids is 1. The van der Waals surface area contributed by atoms with Gasteiger partial charge in [-0.05, 0) is 36.3 Å². The number of aromatic nitrogens is 2. The van der Waals surface area contributed by atoms with Gasteiger partial charge in [-0.25, -0.2) is 14.6 Å². The van der Waals surface area contributed by atoms with Gasteiger partial charge in [0.25, 0.3) is 0 Å². The maximum atomic E-state index is 11.9. The van der Waals surface area contributed by atoms with Gasteiger partial charge in [0.15, 0.2) is 0 Å². The number of imidazole rings is 1. The maximum Gasteiger partial charge on any atom is 0.408 e. The van der Waals surface area contributed by atoms with Gasteiger partial charge in [-0.3, -0.25) is 4.90 Å². The topological polar surface area (TPSA) is 95.7 Å². The lowest BCUT2D eigenvalue weighted by Crippen LogP contribution is -2.49. The molecule has 7 nitrogen and oxygen atoms in total. The molecule has 2 rings (SSSR count).